The maximum Gasteiger partial charge on any atom is 0.0108 e. The van der Waals surface area contributed by atoms with Crippen molar-refractivity contribution in [1.82, 2.24) is 0 Å². The average Bonchev–Trinajstić information content (AvgIpc) is 1.99. The van der Waals surface area contributed by atoms with Gasteiger partial charge in [0.25, 0.3) is 0 Å². The second-order valence-corrected chi connectivity index (χ2v) is 7.89. The summed E-state index contributed by atoms with van der Waals surface area (Å²) in [6.45, 7) is 16.4. The first-order chi connectivity index (χ1) is 6.18. The third-order valence-corrected chi connectivity index (χ3v) is 4.43. The minimum Gasteiger partial charge on any atom is -0.155 e. The SMILES string of the molecule is CCC(C)(C)CC(C)(C)SCC(C)C. The molecule has 0 aliphatic rings. The molecule has 0 spiro atoms. The molecule has 0 N–H and O–H groups in total. The van der Waals surface area contributed by atoms with Crippen LogP contribution in [0.5, 0.6) is 0 Å². The molecule has 0 heterocycles. The molecule has 0 atom stereocenters. The van der Waals surface area contributed by atoms with Crippen LogP contribution in [0.2, 0.25) is 0 Å². The van der Waals surface area contributed by atoms with Crippen LogP contribution in [0.3, 0.4) is 0 Å². The Labute approximate surface area is 95.2 Å². The van der Waals surface area contributed by atoms with Gasteiger partial charge in [-0.3, -0.25) is 0 Å². The zero-order valence-electron chi connectivity index (χ0n) is 11.1. The highest BCUT2D eigenvalue weighted by molar-refractivity contribution is 8.00. The molecule has 86 valence electrons. The van der Waals surface area contributed by atoms with E-state index in [0.29, 0.717) is 10.2 Å². The van der Waals surface area contributed by atoms with Gasteiger partial charge in [0.2, 0.25) is 0 Å². The van der Waals surface area contributed by atoms with E-state index in [-0.39, 0.29) is 0 Å². The zero-order chi connectivity index (χ0) is 11.4. The van der Waals surface area contributed by atoms with Crippen molar-refractivity contribution in [3.63, 3.8) is 0 Å². The molecule has 0 fully saturated rings. The molecule has 0 aliphatic heterocycles. The van der Waals surface area contributed by atoms with E-state index in [1.807, 2.05) is 0 Å². The molecular weight excluding hydrogens is 188 g/mol. The second-order valence-electron chi connectivity index (χ2n) is 6.16. The van der Waals surface area contributed by atoms with Gasteiger partial charge in [0.05, 0.1) is 0 Å². The summed E-state index contributed by atoms with van der Waals surface area (Å²) < 4.78 is 0.434. The lowest BCUT2D eigenvalue weighted by atomic mass is 9.81. The highest BCUT2D eigenvalue weighted by atomic mass is 32.2. The highest BCUT2D eigenvalue weighted by Gasteiger charge is 2.27. The van der Waals surface area contributed by atoms with Gasteiger partial charge >= 0.3 is 0 Å². The molecule has 0 bridgehead atoms. The third-order valence-electron chi connectivity index (χ3n) is 2.67. The fourth-order valence-corrected chi connectivity index (χ4v) is 3.00. The summed E-state index contributed by atoms with van der Waals surface area (Å²) in [4.78, 5) is 0. The summed E-state index contributed by atoms with van der Waals surface area (Å²) in [7, 11) is 0. The molecule has 1 heteroatoms. The molecule has 0 unspecified atom stereocenters. The summed E-state index contributed by atoms with van der Waals surface area (Å²) >= 11 is 2.13. The van der Waals surface area contributed by atoms with Gasteiger partial charge in [-0.05, 0) is 23.5 Å². The van der Waals surface area contributed by atoms with Crippen LogP contribution in [0.15, 0.2) is 0 Å². The van der Waals surface area contributed by atoms with Crippen LogP contribution < -0.4 is 0 Å². The first-order valence-corrected chi connectivity index (χ1v) is 6.81. The molecular formula is C13H28S. The number of hydrogen-bond donors (Lipinski definition) is 0. The topological polar surface area (TPSA) is 0 Å². The van der Waals surface area contributed by atoms with Gasteiger partial charge in [-0.2, -0.15) is 11.8 Å². The fraction of sp³-hybridized carbons (Fsp3) is 1.00. The molecule has 14 heavy (non-hydrogen) atoms. The van der Waals surface area contributed by atoms with Crippen molar-refractivity contribution in [2.24, 2.45) is 11.3 Å². The van der Waals surface area contributed by atoms with Crippen LogP contribution in [-0.2, 0) is 0 Å². The van der Waals surface area contributed by atoms with Gasteiger partial charge in [0.15, 0.2) is 0 Å². The molecule has 0 aromatic heterocycles. The van der Waals surface area contributed by atoms with Crippen LogP contribution in [0, 0.1) is 11.3 Å². The van der Waals surface area contributed by atoms with Crippen molar-refractivity contribution in [3.8, 4) is 0 Å². The Morgan fingerprint density at radius 1 is 1.07 bits per heavy atom. The van der Waals surface area contributed by atoms with Gasteiger partial charge in [-0.25, -0.2) is 0 Å². The van der Waals surface area contributed by atoms with Gasteiger partial charge < -0.3 is 0 Å². The minimum absolute atomic E-state index is 0.434. The standard InChI is InChI=1S/C13H28S/c1-8-12(4,5)10-13(6,7)14-9-11(2)3/h11H,8-10H2,1-7H3. The summed E-state index contributed by atoms with van der Waals surface area (Å²) in [6.07, 6.45) is 2.59. The minimum atomic E-state index is 0.434. The van der Waals surface area contributed by atoms with Crippen LogP contribution in [0.1, 0.15) is 61.3 Å². The molecule has 0 nitrogen and oxygen atoms in total. The third kappa shape index (κ3) is 6.75. The maximum atomic E-state index is 2.39. The largest absolute Gasteiger partial charge is 0.155 e. The maximum absolute atomic E-state index is 2.39. The van der Waals surface area contributed by atoms with Gasteiger partial charge in [-0.1, -0.05) is 54.9 Å². The Morgan fingerprint density at radius 2 is 1.57 bits per heavy atom. The molecule has 0 aliphatic carbocycles. The van der Waals surface area contributed by atoms with Crippen LogP contribution in [-0.4, -0.2) is 10.5 Å². The van der Waals surface area contributed by atoms with Gasteiger partial charge in [0.1, 0.15) is 0 Å². The molecule has 0 aromatic carbocycles. The average molecular weight is 216 g/mol. The molecule has 0 amide bonds. The van der Waals surface area contributed by atoms with E-state index in [1.165, 1.54) is 18.6 Å². The van der Waals surface area contributed by atoms with Crippen molar-refractivity contribution >= 4 is 11.8 Å². The van der Waals surface area contributed by atoms with E-state index in [9.17, 15) is 0 Å². The number of hydrogen-bond acceptors (Lipinski definition) is 1. The van der Waals surface area contributed by atoms with Crippen molar-refractivity contribution in [1.29, 1.82) is 0 Å². The van der Waals surface area contributed by atoms with E-state index in [4.69, 9.17) is 0 Å². The molecule has 0 rings (SSSR count). The lowest BCUT2D eigenvalue weighted by molar-refractivity contribution is 0.292. The predicted octanol–water partition coefficient (Wildman–Crippen LogP) is 4.98. The first-order valence-electron chi connectivity index (χ1n) is 5.82. The fourth-order valence-electron chi connectivity index (χ4n) is 1.72. The Morgan fingerprint density at radius 3 is 1.93 bits per heavy atom. The quantitative estimate of drug-likeness (QED) is 0.603. The second kappa shape index (κ2) is 5.44. The molecule has 0 radical (unpaired) electrons. The van der Waals surface area contributed by atoms with Crippen molar-refractivity contribution in [2.45, 2.75) is 66.1 Å². The van der Waals surface area contributed by atoms with Crippen molar-refractivity contribution < 1.29 is 0 Å². The summed E-state index contributed by atoms with van der Waals surface area (Å²) in [6, 6.07) is 0. The lowest BCUT2D eigenvalue weighted by Gasteiger charge is -2.34. The van der Waals surface area contributed by atoms with Crippen LogP contribution in [0.25, 0.3) is 0 Å². The number of thioether (sulfide) groups is 1. The van der Waals surface area contributed by atoms with Crippen LogP contribution >= 0.6 is 11.8 Å². The van der Waals surface area contributed by atoms with E-state index < -0.39 is 0 Å². The Kier molecular flexibility index (Phi) is 5.57. The lowest BCUT2D eigenvalue weighted by Crippen LogP contribution is -2.26. The van der Waals surface area contributed by atoms with E-state index in [1.54, 1.807) is 0 Å². The molecule has 0 saturated heterocycles. The van der Waals surface area contributed by atoms with Gasteiger partial charge in [-0.15, -0.1) is 0 Å². The Hall–Kier alpha value is 0.350. The van der Waals surface area contributed by atoms with Gasteiger partial charge in [0, 0.05) is 4.75 Å². The molecule has 0 saturated carbocycles. The van der Waals surface area contributed by atoms with Crippen molar-refractivity contribution in [2.75, 3.05) is 5.75 Å². The van der Waals surface area contributed by atoms with E-state index in [0.717, 1.165) is 5.92 Å². The Balaban J connectivity index is 4.06. The monoisotopic (exact) mass is 216 g/mol. The van der Waals surface area contributed by atoms with Crippen LogP contribution in [0.4, 0.5) is 0 Å². The Bertz CT molecular complexity index is 157. The summed E-state index contributed by atoms with van der Waals surface area (Å²) in [5, 5.41) is 0. The normalized spacial score (nSPS) is 13.7. The van der Waals surface area contributed by atoms with Crippen molar-refractivity contribution in [3.05, 3.63) is 0 Å². The van der Waals surface area contributed by atoms with E-state index in [2.05, 4.69) is 60.2 Å². The molecule has 0 aromatic rings. The first kappa shape index (κ1) is 14.3. The smallest absolute Gasteiger partial charge is 0.0108 e. The zero-order valence-corrected chi connectivity index (χ0v) is 11.9. The summed E-state index contributed by atoms with van der Waals surface area (Å²) in [5.74, 6) is 2.09. The van der Waals surface area contributed by atoms with E-state index >= 15 is 0 Å². The summed E-state index contributed by atoms with van der Waals surface area (Å²) in [5.41, 5.74) is 0.494. The predicted molar refractivity (Wildman–Crippen MR) is 70.1 cm³/mol. The highest BCUT2D eigenvalue weighted by Crippen LogP contribution is 2.39. The number of rotatable bonds is 6.